The van der Waals surface area contributed by atoms with Gasteiger partial charge in [-0.3, -0.25) is 9.59 Å². The molecule has 0 atom stereocenters. The van der Waals surface area contributed by atoms with E-state index in [0.29, 0.717) is 30.6 Å². The van der Waals surface area contributed by atoms with Gasteiger partial charge >= 0.3 is 0 Å². The molecule has 1 aliphatic heterocycles. The molecule has 1 N–H and O–H groups in total. The molecule has 2 aliphatic rings. The normalized spacial score (nSPS) is 26.6. The molecule has 5 heteroatoms. The lowest BCUT2D eigenvalue weighted by Gasteiger charge is -2.37. The second-order valence-electron chi connectivity index (χ2n) is 6.71. The second-order valence-corrected chi connectivity index (χ2v) is 6.71. The quantitative estimate of drug-likeness (QED) is 0.863. The van der Waals surface area contributed by atoms with E-state index in [1.54, 1.807) is 7.11 Å². The van der Waals surface area contributed by atoms with E-state index in [4.69, 9.17) is 9.47 Å². The van der Waals surface area contributed by atoms with Crippen molar-refractivity contribution in [2.75, 3.05) is 7.11 Å². The maximum atomic E-state index is 12.8. The van der Waals surface area contributed by atoms with Crippen molar-refractivity contribution < 1.29 is 19.1 Å². The van der Waals surface area contributed by atoms with Crippen molar-refractivity contribution in [2.45, 2.75) is 51.2 Å². The molecule has 1 spiro atoms. The SMILES string of the molecule is COC1CCC2(CC1)NC(=O)C(c1cc(C)ccc1C)=C2OC=O. The Kier molecular flexibility index (Phi) is 4.45. The average molecular weight is 329 g/mol. The summed E-state index contributed by atoms with van der Waals surface area (Å²) < 4.78 is 10.8. The molecule has 1 saturated carbocycles. The van der Waals surface area contributed by atoms with Gasteiger partial charge in [0.05, 0.1) is 17.2 Å². The molecule has 1 aromatic carbocycles. The van der Waals surface area contributed by atoms with Gasteiger partial charge in [0.2, 0.25) is 0 Å². The summed E-state index contributed by atoms with van der Waals surface area (Å²) >= 11 is 0. The van der Waals surface area contributed by atoms with Crippen molar-refractivity contribution in [1.29, 1.82) is 0 Å². The summed E-state index contributed by atoms with van der Waals surface area (Å²) in [6, 6.07) is 5.96. The fourth-order valence-corrected chi connectivity index (χ4v) is 3.82. The molecule has 24 heavy (non-hydrogen) atoms. The average Bonchev–Trinajstić information content (AvgIpc) is 2.83. The predicted octanol–water partition coefficient (Wildman–Crippen LogP) is 2.65. The molecule has 1 heterocycles. The first-order valence-electron chi connectivity index (χ1n) is 8.29. The Morgan fingerprint density at radius 2 is 1.96 bits per heavy atom. The topological polar surface area (TPSA) is 64.6 Å². The Balaban J connectivity index is 2.08. The highest BCUT2D eigenvalue weighted by Gasteiger charge is 2.49. The molecule has 0 saturated heterocycles. The summed E-state index contributed by atoms with van der Waals surface area (Å²) in [5, 5.41) is 3.09. The minimum Gasteiger partial charge on any atom is -0.430 e. The van der Waals surface area contributed by atoms with E-state index < -0.39 is 5.54 Å². The van der Waals surface area contributed by atoms with Crippen LogP contribution in [-0.4, -0.2) is 31.1 Å². The molecule has 3 rings (SSSR count). The van der Waals surface area contributed by atoms with Crippen molar-refractivity contribution in [3.8, 4) is 0 Å². The van der Waals surface area contributed by atoms with Gasteiger partial charge in [-0.25, -0.2) is 0 Å². The van der Waals surface area contributed by atoms with Gasteiger partial charge in [-0.15, -0.1) is 0 Å². The van der Waals surface area contributed by atoms with Crippen molar-refractivity contribution in [3.63, 3.8) is 0 Å². The van der Waals surface area contributed by atoms with Crippen LogP contribution in [-0.2, 0) is 19.1 Å². The number of hydrogen-bond acceptors (Lipinski definition) is 4. The number of hydrogen-bond donors (Lipinski definition) is 1. The highest BCUT2D eigenvalue weighted by Crippen LogP contribution is 2.43. The monoisotopic (exact) mass is 329 g/mol. The first-order valence-corrected chi connectivity index (χ1v) is 8.29. The molecule has 1 fully saturated rings. The van der Waals surface area contributed by atoms with Crippen LogP contribution < -0.4 is 5.32 Å². The maximum Gasteiger partial charge on any atom is 0.298 e. The van der Waals surface area contributed by atoms with E-state index in [0.717, 1.165) is 29.5 Å². The summed E-state index contributed by atoms with van der Waals surface area (Å²) in [5.74, 6) is 0.294. The summed E-state index contributed by atoms with van der Waals surface area (Å²) in [5.41, 5.74) is 2.76. The molecule has 0 aromatic heterocycles. The van der Waals surface area contributed by atoms with E-state index in [-0.39, 0.29) is 12.0 Å². The lowest BCUT2D eigenvalue weighted by molar-refractivity contribution is -0.126. The van der Waals surface area contributed by atoms with Crippen LogP contribution in [0.25, 0.3) is 5.57 Å². The van der Waals surface area contributed by atoms with E-state index in [2.05, 4.69) is 5.32 Å². The molecule has 0 unspecified atom stereocenters. The maximum absolute atomic E-state index is 12.8. The van der Waals surface area contributed by atoms with Gasteiger partial charge in [-0.05, 0) is 50.7 Å². The summed E-state index contributed by atoms with van der Waals surface area (Å²) in [7, 11) is 1.70. The van der Waals surface area contributed by atoms with E-state index in [1.807, 2.05) is 32.0 Å². The minimum atomic E-state index is -0.599. The molecule has 5 nitrogen and oxygen atoms in total. The Morgan fingerprint density at radius 1 is 1.25 bits per heavy atom. The first-order chi connectivity index (χ1) is 11.5. The third kappa shape index (κ3) is 2.73. The summed E-state index contributed by atoms with van der Waals surface area (Å²) in [4.78, 5) is 23.9. The molecule has 1 aromatic rings. The fourth-order valence-electron chi connectivity index (χ4n) is 3.82. The standard InChI is InChI=1S/C19H23NO4/c1-12-4-5-13(2)15(10-12)16-17(24-11-21)19(20-18(16)22)8-6-14(23-3)7-9-19/h4-5,10-11,14H,6-9H2,1-3H3,(H,20,22). The lowest BCUT2D eigenvalue weighted by atomic mass is 9.79. The number of carbonyl (C=O) groups excluding carboxylic acids is 2. The van der Waals surface area contributed by atoms with Gasteiger partial charge in [0.25, 0.3) is 12.4 Å². The van der Waals surface area contributed by atoms with Crippen LogP contribution in [0.4, 0.5) is 0 Å². The van der Waals surface area contributed by atoms with E-state index in [9.17, 15) is 9.59 Å². The molecule has 0 bridgehead atoms. The molecule has 1 amide bonds. The third-order valence-corrected chi connectivity index (χ3v) is 5.19. The van der Waals surface area contributed by atoms with E-state index in [1.165, 1.54) is 0 Å². The van der Waals surface area contributed by atoms with E-state index >= 15 is 0 Å². The van der Waals surface area contributed by atoms with Gasteiger partial charge in [-0.2, -0.15) is 0 Å². The van der Waals surface area contributed by atoms with Gasteiger partial charge in [-0.1, -0.05) is 23.8 Å². The fraction of sp³-hybridized carbons (Fsp3) is 0.474. The number of aryl methyl sites for hydroxylation is 2. The van der Waals surface area contributed by atoms with Crippen LogP contribution >= 0.6 is 0 Å². The van der Waals surface area contributed by atoms with Gasteiger partial charge in [0, 0.05) is 7.11 Å². The Hall–Kier alpha value is -2.14. The highest BCUT2D eigenvalue weighted by molar-refractivity contribution is 6.23. The van der Waals surface area contributed by atoms with Crippen molar-refractivity contribution in [1.82, 2.24) is 5.32 Å². The Morgan fingerprint density at radius 3 is 2.58 bits per heavy atom. The molecule has 1 aliphatic carbocycles. The zero-order valence-electron chi connectivity index (χ0n) is 14.3. The number of carbonyl (C=O) groups is 2. The Labute approximate surface area is 142 Å². The van der Waals surface area contributed by atoms with Gasteiger partial charge in [0.1, 0.15) is 5.76 Å². The largest absolute Gasteiger partial charge is 0.430 e. The number of benzene rings is 1. The summed E-state index contributed by atoms with van der Waals surface area (Å²) in [6.45, 7) is 4.36. The van der Waals surface area contributed by atoms with Crippen molar-refractivity contribution in [3.05, 3.63) is 40.6 Å². The third-order valence-electron chi connectivity index (χ3n) is 5.19. The van der Waals surface area contributed by atoms with Crippen LogP contribution in [0.3, 0.4) is 0 Å². The zero-order chi connectivity index (χ0) is 17.3. The van der Waals surface area contributed by atoms with Crippen LogP contribution in [0.1, 0.15) is 42.4 Å². The zero-order valence-corrected chi connectivity index (χ0v) is 14.3. The number of amides is 1. The molecular weight excluding hydrogens is 306 g/mol. The number of methoxy groups -OCH3 is 1. The van der Waals surface area contributed by atoms with Gasteiger partial charge in [0.15, 0.2) is 0 Å². The molecule has 128 valence electrons. The highest BCUT2D eigenvalue weighted by atomic mass is 16.5. The molecular formula is C19H23NO4. The molecule has 0 radical (unpaired) electrons. The summed E-state index contributed by atoms with van der Waals surface area (Å²) in [6.07, 6.45) is 3.24. The Bertz CT molecular complexity index is 699. The van der Waals surface area contributed by atoms with Crippen LogP contribution in [0.5, 0.6) is 0 Å². The van der Waals surface area contributed by atoms with Gasteiger partial charge < -0.3 is 14.8 Å². The van der Waals surface area contributed by atoms with Crippen LogP contribution in [0.15, 0.2) is 24.0 Å². The van der Waals surface area contributed by atoms with Crippen molar-refractivity contribution in [2.24, 2.45) is 0 Å². The number of ether oxygens (including phenoxy) is 2. The van der Waals surface area contributed by atoms with Crippen LogP contribution in [0, 0.1) is 13.8 Å². The number of rotatable bonds is 4. The first kappa shape index (κ1) is 16.7. The van der Waals surface area contributed by atoms with Crippen molar-refractivity contribution >= 4 is 18.0 Å². The minimum absolute atomic E-state index is 0.170. The second kappa shape index (κ2) is 6.40. The predicted molar refractivity (Wildman–Crippen MR) is 90.1 cm³/mol. The smallest absolute Gasteiger partial charge is 0.298 e. The lowest BCUT2D eigenvalue weighted by Crippen LogP contribution is -2.48. The number of nitrogens with one attached hydrogen (secondary N) is 1. The van der Waals surface area contributed by atoms with Crippen LogP contribution in [0.2, 0.25) is 0 Å².